The smallest absolute Gasteiger partial charge is 0.243 e. The lowest BCUT2D eigenvalue weighted by Crippen LogP contribution is -2.51. The number of hydrogen-bond acceptors (Lipinski definition) is 4. The maximum absolute atomic E-state index is 13.0. The average Bonchev–Trinajstić information content (AvgIpc) is 3.00. The quantitative estimate of drug-likeness (QED) is 0.385. The van der Waals surface area contributed by atoms with Gasteiger partial charge in [-0.1, -0.05) is 44.2 Å². The molecule has 3 atom stereocenters. The predicted molar refractivity (Wildman–Crippen MR) is 118 cm³/mol. The Morgan fingerprint density at radius 1 is 1.10 bits per heavy atom. The van der Waals surface area contributed by atoms with E-state index in [1.165, 1.54) is 4.90 Å². The van der Waals surface area contributed by atoms with Gasteiger partial charge >= 0.3 is 0 Å². The van der Waals surface area contributed by atoms with Crippen LogP contribution in [0.25, 0.3) is 0 Å². The Morgan fingerprint density at radius 2 is 1.70 bits per heavy atom. The number of carbonyl (C=O) groups is 3. The lowest BCUT2D eigenvalue weighted by atomic mass is 9.85. The third kappa shape index (κ3) is 4.91. The van der Waals surface area contributed by atoms with Crippen LogP contribution in [0.15, 0.2) is 42.5 Å². The Hall–Kier alpha value is -2.63. The number of allylic oxidation sites excluding steroid dienone is 2. The van der Waals surface area contributed by atoms with Gasteiger partial charge in [-0.25, -0.2) is 0 Å². The van der Waals surface area contributed by atoms with Crippen LogP contribution in [0.5, 0.6) is 0 Å². The summed E-state index contributed by atoms with van der Waals surface area (Å²) in [6, 6.07) is 9.37. The lowest BCUT2D eigenvalue weighted by Gasteiger charge is -2.27. The van der Waals surface area contributed by atoms with Crippen LogP contribution < -0.4 is 10.2 Å². The van der Waals surface area contributed by atoms with Crippen molar-refractivity contribution in [1.82, 2.24) is 10.2 Å². The van der Waals surface area contributed by atoms with Gasteiger partial charge in [-0.15, -0.1) is 0 Å². The van der Waals surface area contributed by atoms with Crippen LogP contribution in [-0.2, 0) is 14.4 Å². The van der Waals surface area contributed by atoms with Gasteiger partial charge in [0.25, 0.3) is 0 Å². The van der Waals surface area contributed by atoms with E-state index in [1.54, 1.807) is 0 Å². The van der Waals surface area contributed by atoms with Crippen LogP contribution in [0, 0.1) is 17.8 Å². The first kappa shape index (κ1) is 22.1. The van der Waals surface area contributed by atoms with E-state index in [1.807, 2.05) is 51.2 Å². The molecule has 1 aromatic rings. The Morgan fingerprint density at radius 3 is 2.27 bits per heavy atom. The summed E-state index contributed by atoms with van der Waals surface area (Å²) in [5.41, 5.74) is 1.13. The van der Waals surface area contributed by atoms with Crippen molar-refractivity contribution in [3.8, 4) is 0 Å². The van der Waals surface area contributed by atoms with Gasteiger partial charge in [-0.3, -0.25) is 19.3 Å². The first-order valence-electron chi connectivity index (χ1n) is 11.0. The molecule has 3 rings (SSSR count). The van der Waals surface area contributed by atoms with Crippen molar-refractivity contribution in [2.75, 3.05) is 25.0 Å². The summed E-state index contributed by atoms with van der Waals surface area (Å²) in [4.78, 5) is 42.3. The number of likely N-dealkylation sites (tertiary alicyclic amines) is 1. The molecule has 162 valence electrons. The molecule has 0 bridgehead atoms. The van der Waals surface area contributed by atoms with E-state index in [0.717, 1.165) is 18.7 Å². The Kier molecular flexibility index (Phi) is 7.29. The van der Waals surface area contributed by atoms with Gasteiger partial charge in [0, 0.05) is 25.8 Å². The second-order valence-electron chi connectivity index (χ2n) is 8.75. The number of amides is 3. The van der Waals surface area contributed by atoms with Crippen molar-refractivity contribution in [3.63, 3.8) is 0 Å². The molecule has 1 aliphatic carbocycles. The molecule has 0 saturated carbocycles. The van der Waals surface area contributed by atoms with E-state index in [0.29, 0.717) is 25.8 Å². The summed E-state index contributed by atoms with van der Waals surface area (Å²) in [6.45, 7) is 5.33. The third-order valence-electron chi connectivity index (χ3n) is 6.02. The number of imide groups is 1. The van der Waals surface area contributed by atoms with Gasteiger partial charge in [-0.2, -0.15) is 0 Å². The second kappa shape index (κ2) is 9.92. The van der Waals surface area contributed by atoms with Crippen molar-refractivity contribution in [2.45, 2.75) is 45.6 Å². The van der Waals surface area contributed by atoms with Gasteiger partial charge < -0.3 is 10.2 Å². The minimum Gasteiger partial charge on any atom is -0.375 e. The molecule has 2 aliphatic rings. The van der Waals surface area contributed by atoms with Gasteiger partial charge in [0.1, 0.15) is 6.04 Å². The van der Waals surface area contributed by atoms with Crippen molar-refractivity contribution >= 4 is 23.4 Å². The Bertz CT molecular complexity index is 764. The molecule has 1 heterocycles. The summed E-state index contributed by atoms with van der Waals surface area (Å²) in [6.07, 6.45) is 6.39. The van der Waals surface area contributed by atoms with Gasteiger partial charge in [0.2, 0.25) is 17.7 Å². The fraction of sp³-hybridized carbons (Fsp3) is 0.542. The highest BCUT2D eigenvalue weighted by Gasteiger charge is 2.51. The molecule has 3 amide bonds. The van der Waals surface area contributed by atoms with Crippen LogP contribution in [0.2, 0.25) is 0 Å². The van der Waals surface area contributed by atoms with Gasteiger partial charge in [0.05, 0.1) is 11.8 Å². The largest absolute Gasteiger partial charge is 0.375 e. The van der Waals surface area contributed by atoms with Crippen LogP contribution >= 0.6 is 0 Å². The molecule has 0 radical (unpaired) electrons. The van der Waals surface area contributed by atoms with E-state index in [-0.39, 0.29) is 35.5 Å². The maximum atomic E-state index is 13.0. The fourth-order valence-corrected chi connectivity index (χ4v) is 4.37. The zero-order valence-electron chi connectivity index (χ0n) is 18.2. The molecule has 1 saturated heterocycles. The molecule has 0 unspecified atom stereocenters. The average molecular weight is 412 g/mol. The number of nitrogens with one attached hydrogen (secondary N) is 1. The number of fused-ring (bicyclic) bond motifs is 1. The van der Waals surface area contributed by atoms with E-state index in [9.17, 15) is 14.4 Å². The molecule has 6 nitrogen and oxygen atoms in total. The molecular weight excluding hydrogens is 378 g/mol. The lowest BCUT2D eigenvalue weighted by molar-refractivity contribution is -0.148. The second-order valence-corrected chi connectivity index (χ2v) is 8.75. The molecule has 1 fully saturated rings. The molecule has 0 aromatic heterocycles. The third-order valence-corrected chi connectivity index (χ3v) is 6.02. The predicted octanol–water partition coefficient (Wildman–Crippen LogP) is 3.00. The van der Waals surface area contributed by atoms with Gasteiger partial charge in [-0.05, 0) is 43.7 Å². The zero-order chi connectivity index (χ0) is 21.7. The Labute approximate surface area is 179 Å². The number of hydrogen-bond donors (Lipinski definition) is 1. The van der Waals surface area contributed by atoms with Crippen LogP contribution in [-0.4, -0.2) is 48.8 Å². The SMILES string of the molecule is CC(C)C[C@H](C(=O)NCCCN(C)c1ccccc1)N1C(=O)[C@H]2CC=CC[C@H]2C1=O. The van der Waals surface area contributed by atoms with Crippen molar-refractivity contribution in [1.29, 1.82) is 0 Å². The minimum atomic E-state index is -0.720. The van der Waals surface area contributed by atoms with E-state index < -0.39 is 6.04 Å². The van der Waals surface area contributed by atoms with Crippen LogP contribution in [0.4, 0.5) is 5.69 Å². The number of rotatable bonds is 9. The van der Waals surface area contributed by atoms with E-state index in [2.05, 4.69) is 22.3 Å². The molecule has 6 heteroatoms. The van der Waals surface area contributed by atoms with Crippen molar-refractivity contribution in [3.05, 3.63) is 42.5 Å². The number of benzene rings is 1. The summed E-state index contributed by atoms with van der Waals surface area (Å²) >= 11 is 0. The summed E-state index contributed by atoms with van der Waals surface area (Å²) in [5, 5.41) is 2.97. The number of para-hydroxylation sites is 1. The molecular formula is C24H33N3O3. The number of nitrogens with zero attached hydrogens (tertiary/aromatic N) is 2. The fourth-order valence-electron chi connectivity index (χ4n) is 4.37. The highest BCUT2D eigenvalue weighted by atomic mass is 16.2. The highest BCUT2D eigenvalue weighted by molar-refractivity contribution is 6.08. The first-order chi connectivity index (χ1) is 14.4. The minimum absolute atomic E-state index is 0.182. The maximum Gasteiger partial charge on any atom is 0.243 e. The van der Waals surface area contributed by atoms with Crippen molar-refractivity contribution in [2.24, 2.45) is 17.8 Å². The summed E-state index contributed by atoms with van der Waals surface area (Å²) in [5.74, 6) is -0.988. The standard InChI is InChI=1S/C24H33N3O3/c1-17(2)16-21(27-23(29)19-12-7-8-13-20(19)24(27)30)22(28)25-14-9-15-26(3)18-10-5-4-6-11-18/h4-8,10-11,17,19-21H,9,12-16H2,1-3H3,(H,25,28)/t19-,20+,21-/m1/s1. The number of carbonyl (C=O) groups excluding carboxylic acids is 3. The summed E-state index contributed by atoms with van der Waals surface area (Å²) in [7, 11) is 2.02. The molecule has 1 aliphatic heterocycles. The molecule has 1 N–H and O–H groups in total. The Balaban J connectivity index is 1.58. The monoisotopic (exact) mass is 411 g/mol. The van der Waals surface area contributed by atoms with Crippen LogP contribution in [0.1, 0.15) is 39.5 Å². The van der Waals surface area contributed by atoms with E-state index >= 15 is 0 Å². The van der Waals surface area contributed by atoms with Crippen LogP contribution in [0.3, 0.4) is 0 Å². The normalized spacial score (nSPS) is 21.7. The zero-order valence-corrected chi connectivity index (χ0v) is 18.2. The molecule has 1 aromatic carbocycles. The van der Waals surface area contributed by atoms with Crippen molar-refractivity contribution < 1.29 is 14.4 Å². The van der Waals surface area contributed by atoms with E-state index in [4.69, 9.17) is 0 Å². The number of anilines is 1. The van der Waals surface area contributed by atoms with Gasteiger partial charge in [0.15, 0.2) is 0 Å². The highest BCUT2D eigenvalue weighted by Crippen LogP contribution is 2.37. The first-order valence-corrected chi connectivity index (χ1v) is 11.0. The topological polar surface area (TPSA) is 69.7 Å². The molecule has 30 heavy (non-hydrogen) atoms. The molecule has 0 spiro atoms. The summed E-state index contributed by atoms with van der Waals surface area (Å²) < 4.78 is 0.